The zero-order chi connectivity index (χ0) is 21.6. The molecule has 7 heteroatoms. The predicted octanol–water partition coefficient (Wildman–Crippen LogP) is 2.43. The molecule has 1 aliphatic heterocycles. The van der Waals surface area contributed by atoms with Crippen LogP contribution < -0.4 is 20.1 Å². The number of aliphatic hydroxyl groups excluding tert-OH is 1. The largest absolute Gasteiger partial charge is 0.490 e. The van der Waals surface area contributed by atoms with E-state index in [1.165, 1.54) is 5.56 Å². The molecule has 3 N–H and O–H groups in total. The Hall–Kier alpha value is -1.99. The molecule has 0 unspecified atom stereocenters. The van der Waals surface area contributed by atoms with E-state index < -0.39 is 0 Å². The van der Waals surface area contributed by atoms with E-state index in [0.717, 1.165) is 82.4 Å². The summed E-state index contributed by atoms with van der Waals surface area (Å²) in [6, 6.07) is 6.15. The number of piperidine rings is 1. The second-order valence-corrected chi connectivity index (χ2v) is 7.51. The van der Waals surface area contributed by atoms with E-state index in [2.05, 4.69) is 34.6 Å². The Morgan fingerprint density at radius 2 is 1.83 bits per heavy atom. The summed E-state index contributed by atoms with van der Waals surface area (Å²) in [6.45, 7) is 12.8. The molecule has 0 amide bonds. The first-order valence-corrected chi connectivity index (χ1v) is 11.5. The Kier molecular flexibility index (Phi) is 11.4. The lowest BCUT2D eigenvalue weighted by atomic mass is 10.1. The molecule has 0 atom stereocenters. The SMILES string of the molecule is CCNC(=NCCCN1CCC(O)CC1)NCCc1ccc(OCC)c(OCC)c1. The standard InChI is InChI=1S/C23H40N4O3/c1-4-24-23(25-13-7-15-27-16-11-20(28)12-17-27)26-14-10-19-8-9-21(29-5-2)22(18-19)30-6-3/h8-9,18,20,28H,4-7,10-17H2,1-3H3,(H2,24,25,26). The predicted molar refractivity (Wildman–Crippen MR) is 123 cm³/mol. The quantitative estimate of drug-likeness (QED) is 0.274. The molecule has 30 heavy (non-hydrogen) atoms. The average molecular weight is 421 g/mol. The van der Waals surface area contributed by atoms with E-state index >= 15 is 0 Å². The number of aliphatic hydroxyl groups is 1. The Morgan fingerprint density at radius 3 is 2.53 bits per heavy atom. The summed E-state index contributed by atoms with van der Waals surface area (Å²) in [5, 5.41) is 16.3. The van der Waals surface area contributed by atoms with Crippen molar-refractivity contribution in [3.63, 3.8) is 0 Å². The Bertz CT molecular complexity index is 631. The van der Waals surface area contributed by atoms with E-state index in [9.17, 15) is 5.11 Å². The van der Waals surface area contributed by atoms with E-state index in [1.54, 1.807) is 0 Å². The van der Waals surface area contributed by atoms with E-state index in [0.29, 0.717) is 13.2 Å². The van der Waals surface area contributed by atoms with Crippen LogP contribution in [0.3, 0.4) is 0 Å². The second kappa shape index (κ2) is 14.1. The monoisotopic (exact) mass is 420 g/mol. The summed E-state index contributed by atoms with van der Waals surface area (Å²) in [5.41, 5.74) is 1.21. The molecule has 1 aromatic carbocycles. The molecule has 1 fully saturated rings. The summed E-state index contributed by atoms with van der Waals surface area (Å²) >= 11 is 0. The molecule has 0 aromatic heterocycles. The van der Waals surface area contributed by atoms with Gasteiger partial charge in [0.15, 0.2) is 17.5 Å². The summed E-state index contributed by atoms with van der Waals surface area (Å²) in [4.78, 5) is 7.12. The van der Waals surface area contributed by atoms with Crippen molar-refractivity contribution in [2.24, 2.45) is 4.99 Å². The number of guanidine groups is 1. The topological polar surface area (TPSA) is 78.4 Å². The third-order valence-electron chi connectivity index (χ3n) is 5.12. The molecule has 170 valence electrons. The highest BCUT2D eigenvalue weighted by atomic mass is 16.5. The van der Waals surface area contributed by atoms with Crippen molar-refractivity contribution in [3.8, 4) is 11.5 Å². The summed E-state index contributed by atoms with van der Waals surface area (Å²) in [7, 11) is 0. The van der Waals surface area contributed by atoms with Gasteiger partial charge in [-0.2, -0.15) is 0 Å². The van der Waals surface area contributed by atoms with Crippen LogP contribution in [-0.2, 0) is 6.42 Å². The summed E-state index contributed by atoms with van der Waals surface area (Å²) in [6.07, 6.45) is 3.59. The van der Waals surface area contributed by atoms with Gasteiger partial charge in [-0.25, -0.2) is 0 Å². The zero-order valence-electron chi connectivity index (χ0n) is 19.0. The van der Waals surface area contributed by atoms with Gasteiger partial charge in [0, 0.05) is 32.7 Å². The van der Waals surface area contributed by atoms with Crippen molar-refractivity contribution in [1.82, 2.24) is 15.5 Å². The molecule has 0 radical (unpaired) electrons. The van der Waals surface area contributed by atoms with Gasteiger partial charge >= 0.3 is 0 Å². The third kappa shape index (κ3) is 8.79. The van der Waals surface area contributed by atoms with Gasteiger partial charge in [-0.3, -0.25) is 4.99 Å². The van der Waals surface area contributed by atoms with Crippen LogP contribution in [-0.4, -0.2) is 74.6 Å². The van der Waals surface area contributed by atoms with Crippen molar-refractivity contribution in [3.05, 3.63) is 23.8 Å². The average Bonchev–Trinajstić information content (AvgIpc) is 2.74. The van der Waals surface area contributed by atoms with Gasteiger partial charge in [-0.1, -0.05) is 6.07 Å². The van der Waals surface area contributed by atoms with E-state index in [4.69, 9.17) is 14.5 Å². The normalized spacial score (nSPS) is 15.8. The zero-order valence-corrected chi connectivity index (χ0v) is 19.0. The molecule has 1 saturated heterocycles. The van der Waals surface area contributed by atoms with Crippen molar-refractivity contribution in [2.75, 3.05) is 52.5 Å². The van der Waals surface area contributed by atoms with Crippen LogP contribution in [0.25, 0.3) is 0 Å². The van der Waals surface area contributed by atoms with Crippen molar-refractivity contribution >= 4 is 5.96 Å². The van der Waals surface area contributed by atoms with Crippen LogP contribution in [0, 0.1) is 0 Å². The minimum Gasteiger partial charge on any atom is -0.490 e. The smallest absolute Gasteiger partial charge is 0.191 e. The van der Waals surface area contributed by atoms with Gasteiger partial charge in [-0.15, -0.1) is 0 Å². The van der Waals surface area contributed by atoms with Gasteiger partial charge in [-0.05, 0) is 70.7 Å². The van der Waals surface area contributed by atoms with Crippen molar-refractivity contribution < 1.29 is 14.6 Å². The van der Waals surface area contributed by atoms with Crippen LogP contribution >= 0.6 is 0 Å². The number of benzene rings is 1. The molecule has 0 spiro atoms. The third-order valence-corrected chi connectivity index (χ3v) is 5.12. The Balaban J connectivity index is 1.76. The lowest BCUT2D eigenvalue weighted by molar-refractivity contribution is 0.0824. The fourth-order valence-corrected chi connectivity index (χ4v) is 3.55. The highest BCUT2D eigenvalue weighted by molar-refractivity contribution is 5.79. The number of likely N-dealkylation sites (tertiary alicyclic amines) is 1. The maximum Gasteiger partial charge on any atom is 0.191 e. The first-order chi connectivity index (χ1) is 14.7. The molecular weight excluding hydrogens is 380 g/mol. The van der Waals surface area contributed by atoms with Crippen molar-refractivity contribution in [2.45, 2.75) is 52.6 Å². The van der Waals surface area contributed by atoms with Gasteiger partial charge in [0.25, 0.3) is 0 Å². The highest BCUT2D eigenvalue weighted by Crippen LogP contribution is 2.28. The fraction of sp³-hybridized carbons (Fsp3) is 0.696. The first kappa shape index (κ1) is 24.3. The Labute approximate surface area is 181 Å². The second-order valence-electron chi connectivity index (χ2n) is 7.51. The summed E-state index contributed by atoms with van der Waals surface area (Å²) in [5.74, 6) is 2.47. The van der Waals surface area contributed by atoms with Gasteiger partial charge in [0.2, 0.25) is 0 Å². The number of hydrogen-bond acceptors (Lipinski definition) is 5. The molecule has 7 nitrogen and oxygen atoms in total. The Morgan fingerprint density at radius 1 is 1.10 bits per heavy atom. The number of nitrogens with zero attached hydrogens (tertiary/aromatic N) is 2. The van der Waals surface area contributed by atoms with Gasteiger partial charge in [0.1, 0.15) is 0 Å². The first-order valence-electron chi connectivity index (χ1n) is 11.5. The molecule has 1 aromatic rings. The van der Waals surface area contributed by atoms with Gasteiger partial charge in [0.05, 0.1) is 19.3 Å². The molecule has 2 rings (SSSR count). The minimum absolute atomic E-state index is 0.108. The van der Waals surface area contributed by atoms with Crippen LogP contribution in [0.15, 0.2) is 23.2 Å². The van der Waals surface area contributed by atoms with Crippen LogP contribution in [0.5, 0.6) is 11.5 Å². The lowest BCUT2D eigenvalue weighted by Crippen LogP contribution is -2.39. The molecule has 1 heterocycles. The number of aliphatic imine (C=N–C) groups is 1. The van der Waals surface area contributed by atoms with Crippen molar-refractivity contribution in [1.29, 1.82) is 0 Å². The molecule has 0 aliphatic carbocycles. The lowest BCUT2D eigenvalue weighted by Gasteiger charge is -2.29. The maximum atomic E-state index is 9.60. The molecule has 0 bridgehead atoms. The van der Waals surface area contributed by atoms with E-state index in [1.807, 2.05) is 19.9 Å². The number of nitrogens with one attached hydrogen (secondary N) is 2. The van der Waals surface area contributed by atoms with Crippen LogP contribution in [0.2, 0.25) is 0 Å². The highest BCUT2D eigenvalue weighted by Gasteiger charge is 2.15. The van der Waals surface area contributed by atoms with Gasteiger partial charge < -0.3 is 30.1 Å². The number of ether oxygens (including phenoxy) is 2. The molecule has 1 aliphatic rings. The maximum absolute atomic E-state index is 9.60. The number of hydrogen-bond donors (Lipinski definition) is 3. The minimum atomic E-state index is -0.108. The number of rotatable bonds is 12. The van der Waals surface area contributed by atoms with E-state index in [-0.39, 0.29) is 6.10 Å². The van der Waals surface area contributed by atoms with Crippen LogP contribution in [0.4, 0.5) is 0 Å². The summed E-state index contributed by atoms with van der Waals surface area (Å²) < 4.78 is 11.4. The fourth-order valence-electron chi connectivity index (χ4n) is 3.55. The van der Waals surface area contributed by atoms with Crippen LogP contribution in [0.1, 0.15) is 45.6 Å². The molecular formula is C23H40N4O3. The molecule has 0 saturated carbocycles.